The summed E-state index contributed by atoms with van der Waals surface area (Å²) in [6, 6.07) is 13.1. The van der Waals surface area contributed by atoms with Crippen molar-refractivity contribution in [3.05, 3.63) is 74.7 Å². The second-order valence-electron chi connectivity index (χ2n) is 7.91. The second-order valence-corrected chi connectivity index (χ2v) is 9.71. The van der Waals surface area contributed by atoms with Gasteiger partial charge in [-0.15, -0.1) is 0 Å². The van der Waals surface area contributed by atoms with E-state index in [9.17, 15) is 14.4 Å². The Morgan fingerprint density at radius 3 is 2.53 bits per heavy atom. The molecule has 2 aromatic carbocycles. The van der Waals surface area contributed by atoms with Crippen LogP contribution in [0.4, 0.5) is 4.79 Å². The van der Waals surface area contributed by atoms with Crippen molar-refractivity contribution in [1.82, 2.24) is 9.47 Å². The van der Waals surface area contributed by atoms with Crippen LogP contribution in [-0.4, -0.2) is 39.2 Å². The SMILES string of the molecule is CC[C@@H](C)OC(=O)CN1C(=O)S/C(=C\c2cn(Cc3c(Cl)cccc3Cl)c3ccccc23)C1=O. The van der Waals surface area contributed by atoms with E-state index in [1.165, 1.54) is 0 Å². The van der Waals surface area contributed by atoms with E-state index in [0.717, 1.165) is 38.7 Å². The van der Waals surface area contributed by atoms with Crippen LogP contribution in [0.25, 0.3) is 17.0 Å². The summed E-state index contributed by atoms with van der Waals surface area (Å²) >= 11 is 13.5. The molecular weight excluding hydrogens is 495 g/mol. The van der Waals surface area contributed by atoms with Crippen molar-refractivity contribution in [2.75, 3.05) is 6.54 Å². The molecular formula is C25H22Cl2N2O4S. The van der Waals surface area contributed by atoms with Crippen molar-refractivity contribution in [2.24, 2.45) is 0 Å². The first-order valence-corrected chi connectivity index (χ1v) is 12.3. The Labute approximate surface area is 211 Å². The van der Waals surface area contributed by atoms with Crippen LogP contribution in [0.5, 0.6) is 0 Å². The summed E-state index contributed by atoms with van der Waals surface area (Å²) in [5.74, 6) is -1.12. The maximum absolute atomic E-state index is 12.9. The number of thioether (sulfide) groups is 1. The molecule has 0 radical (unpaired) electrons. The van der Waals surface area contributed by atoms with Gasteiger partial charge in [-0.25, -0.2) is 0 Å². The van der Waals surface area contributed by atoms with Crippen molar-refractivity contribution in [1.29, 1.82) is 0 Å². The average Bonchev–Trinajstić information content (AvgIpc) is 3.28. The van der Waals surface area contributed by atoms with Gasteiger partial charge in [-0.2, -0.15) is 0 Å². The minimum Gasteiger partial charge on any atom is -0.461 e. The molecule has 2 heterocycles. The highest BCUT2D eigenvalue weighted by molar-refractivity contribution is 8.18. The van der Waals surface area contributed by atoms with Crippen LogP contribution >= 0.6 is 35.0 Å². The molecule has 1 atom stereocenters. The topological polar surface area (TPSA) is 68.6 Å². The molecule has 0 saturated carbocycles. The lowest BCUT2D eigenvalue weighted by Crippen LogP contribution is -2.35. The lowest BCUT2D eigenvalue weighted by molar-refractivity contribution is -0.150. The normalized spacial score (nSPS) is 16.0. The number of rotatable bonds is 7. The van der Waals surface area contributed by atoms with E-state index < -0.39 is 23.7 Å². The van der Waals surface area contributed by atoms with E-state index in [1.54, 1.807) is 31.2 Å². The molecule has 0 bridgehead atoms. The molecule has 4 rings (SSSR count). The van der Waals surface area contributed by atoms with Crippen molar-refractivity contribution < 1.29 is 19.1 Å². The fourth-order valence-corrected chi connectivity index (χ4v) is 4.97. The van der Waals surface area contributed by atoms with E-state index in [1.807, 2.05) is 42.0 Å². The fraction of sp³-hybridized carbons (Fsp3) is 0.240. The van der Waals surface area contributed by atoms with Crippen LogP contribution < -0.4 is 0 Å². The summed E-state index contributed by atoms with van der Waals surface area (Å²) in [6.45, 7) is 3.68. The molecule has 1 aromatic heterocycles. The van der Waals surface area contributed by atoms with Crippen LogP contribution in [-0.2, 0) is 20.9 Å². The number of carbonyl (C=O) groups excluding carboxylic acids is 3. The van der Waals surface area contributed by atoms with Crippen molar-refractivity contribution >= 4 is 69.1 Å². The van der Waals surface area contributed by atoms with Crippen LogP contribution in [0, 0.1) is 0 Å². The van der Waals surface area contributed by atoms with Crippen LogP contribution in [0.2, 0.25) is 10.0 Å². The predicted octanol–water partition coefficient (Wildman–Crippen LogP) is 6.37. The Morgan fingerprint density at radius 2 is 1.82 bits per heavy atom. The highest BCUT2D eigenvalue weighted by Crippen LogP contribution is 2.35. The molecule has 34 heavy (non-hydrogen) atoms. The van der Waals surface area contributed by atoms with Crippen molar-refractivity contribution in [3.8, 4) is 0 Å². The zero-order chi connectivity index (χ0) is 24.4. The smallest absolute Gasteiger partial charge is 0.326 e. The largest absolute Gasteiger partial charge is 0.461 e. The third-order valence-electron chi connectivity index (χ3n) is 5.56. The number of halogens is 2. The number of para-hydroxylation sites is 1. The Balaban J connectivity index is 1.63. The predicted molar refractivity (Wildman–Crippen MR) is 136 cm³/mol. The molecule has 9 heteroatoms. The summed E-state index contributed by atoms with van der Waals surface area (Å²) in [4.78, 5) is 38.6. The maximum Gasteiger partial charge on any atom is 0.326 e. The maximum atomic E-state index is 12.9. The number of fused-ring (bicyclic) bond motifs is 1. The van der Waals surface area contributed by atoms with Gasteiger partial charge in [-0.1, -0.05) is 54.4 Å². The molecule has 0 aliphatic carbocycles. The molecule has 0 unspecified atom stereocenters. The molecule has 176 valence electrons. The van der Waals surface area contributed by atoms with Gasteiger partial charge in [0.05, 0.1) is 17.6 Å². The number of hydrogen-bond donors (Lipinski definition) is 0. The quantitative estimate of drug-likeness (QED) is 0.269. The van der Waals surface area contributed by atoms with Gasteiger partial charge in [0.25, 0.3) is 11.1 Å². The summed E-state index contributed by atoms with van der Waals surface area (Å²) < 4.78 is 7.21. The van der Waals surface area contributed by atoms with Crippen LogP contribution in [0.15, 0.2) is 53.6 Å². The van der Waals surface area contributed by atoms with E-state index in [2.05, 4.69) is 0 Å². The highest BCUT2D eigenvalue weighted by atomic mass is 35.5. The molecule has 2 amide bonds. The molecule has 1 fully saturated rings. The Bertz CT molecular complexity index is 1300. The summed E-state index contributed by atoms with van der Waals surface area (Å²) in [5.41, 5.74) is 2.49. The zero-order valence-corrected chi connectivity index (χ0v) is 20.9. The standard InChI is InChI=1S/C25H22Cl2N2O4S/c1-3-15(2)33-23(30)14-29-24(31)22(34-25(29)32)11-16-12-28(21-10-5-4-7-17(16)21)13-18-19(26)8-6-9-20(18)27/h4-12,15H,3,13-14H2,1-2H3/b22-11-/t15-/m1/s1. The number of ether oxygens (including phenoxy) is 1. The highest BCUT2D eigenvalue weighted by Gasteiger charge is 2.37. The number of amides is 2. The molecule has 1 saturated heterocycles. The van der Waals surface area contributed by atoms with Gasteiger partial charge in [-0.05, 0) is 49.4 Å². The molecule has 1 aliphatic rings. The van der Waals surface area contributed by atoms with Gasteiger partial charge in [-0.3, -0.25) is 19.3 Å². The summed E-state index contributed by atoms with van der Waals surface area (Å²) in [7, 11) is 0. The first-order chi connectivity index (χ1) is 16.3. The van der Waals surface area contributed by atoms with Crippen molar-refractivity contribution in [2.45, 2.75) is 32.9 Å². The Hall–Kier alpha value is -2.74. The Morgan fingerprint density at radius 1 is 1.12 bits per heavy atom. The third kappa shape index (κ3) is 5.02. The number of benzene rings is 2. The van der Waals surface area contributed by atoms with Gasteiger partial charge in [0.15, 0.2) is 0 Å². The fourth-order valence-electron chi connectivity index (χ4n) is 3.63. The number of aromatic nitrogens is 1. The minimum absolute atomic E-state index is 0.250. The summed E-state index contributed by atoms with van der Waals surface area (Å²) in [6.07, 6.45) is 3.95. The van der Waals surface area contributed by atoms with Crippen LogP contribution in [0.1, 0.15) is 31.4 Å². The Kier molecular flexibility index (Phi) is 7.36. The molecule has 6 nitrogen and oxygen atoms in total. The van der Waals surface area contributed by atoms with Gasteiger partial charge in [0.1, 0.15) is 6.54 Å². The lowest BCUT2D eigenvalue weighted by atomic mass is 10.1. The molecule has 1 aliphatic heterocycles. The second kappa shape index (κ2) is 10.3. The van der Waals surface area contributed by atoms with E-state index in [0.29, 0.717) is 23.0 Å². The summed E-state index contributed by atoms with van der Waals surface area (Å²) in [5, 5.41) is 1.55. The molecule has 0 N–H and O–H groups in total. The molecule has 3 aromatic rings. The van der Waals surface area contributed by atoms with E-state index in [-0.39, 0.29) is 11.0 Å². The van der Waals surface area contributed by atoms with Gasteiger partial charge in [0, 0.05) is 38.3 Å². The minimum atomic E-state index is -0.605. The lowest BCUT2D eigenvalue weighted by Gasteiger charge is -2.14. The molecule has 0 spiro atoms. The number of nitrogens with zero attached hydrogens (tertiary/aromatic N) is 2. The number of imide groups is 1. The van der Waals surface area contributed by atoms with Crippen LogP contribution in [0.3, 0.4) is 0 Å². The first kappa shape index (κ1) is 24.4. The van der Waals surface area contributed by atoms with E-state index >= 15 is 0 Å². The number of carbonyl (C=O) groups is 3. The number of hydrogen-bond acceptors (Lipinski definition) is 5. The third-order valence-corrected chi connectivity index (χ3v) is 7.18. The van der Waals surface area contributed by atoms with Crippen molar-refractivity contribution in [3.63, 3.8) is 0 Å². The zero-order valence-electron chi connectivity index (χ0n) is 18.6. The number of esters is 1. The van der Waals surface area contributed by atoms with Gasteiger partial charge >= 0.3 is 5.97 Å². The van der Waals surface area contributed by atoms with E-state index in [4.69, 9.17) is 27.9 Å². The average molecular weight is 517 g/mol. The monoisotopic (exact) mass is 516 g/mol. The first-order valence-electron chi connectivity index (χ1n) is 10.7. The van der Waals surface area contributed by atoms with Gasteiger partial charge in [0.2, 0.25) is 0 Å². The van der Waals surface area contributed by atoms with Gasteiger partial charge < -0.3 is 9.30 Å².